The summed E-state index contributed by atoms with van der Waals surface area (Å²) in [5.74, 6) is -0.676. The molecule has 2 aliphatic heterocycles. The summed E-state index contributed by atoms with van der Waals surface area (Å²) >= 11 is 0. The standard InChI is InChI=1S/C24H22FN3O3/c25-21-10-14(13-2-4-17-12-31-24(30)20(17)9-13)1-3-15(21)7-19(11-26)28-23(29)22-16-5-6-18(8-16)27-22/h1-4,9-10,16,18-19,22,27H,5-8,12H2,(H,28,29)/t16?,18?,19-,22?/m0/s1. The Morgan fingerprint density at radius 3 is 2.77 bits per heavy atom. The van der Waals surface area contributed by atoms with Crippen molar-refractivity contribution in [3.63, 3.8) is 0 Å². The highest BCUT2D eigenvalue weighted by molar-refractivity contribution is 5.94. The van der Waals surface area contributed by atoms with E-state index in [0.717, 1.165) is 30.4 Å². The maximum absolute atomic E-state index is 14.8. The van der Waals surface area contributed by atoms with Crippen LogP contribution in [-0.4, -0.2) is 30.0 Å². The summed E-state index contributed by atoms with van der Waals surface area (Å²) in [5, 5.41) is 15.6. The smallest absolute Gasteiger partial charge is 0.338 e. The predicted octanol–water partition coefficient (Wildman–Crippen LogP) is 2.85. The molecular formula is C24H22FN3O3. The van der Waals surface area contributed by atoms with Gasteiger partial charge < -0.3 is 15.4 Å². The van der Waals surface area contributed by atoms with Gasteiger partial charge in [-0.15, -0.1) is 0 Å². The van der Waals surface area contributed by atoms with Crippen molar-refractivity contribution in [1.29, 1.82) is 5.26 Å². The van der Waals surface area contributed by atoms with Crippen molar-refractivity contribution in [2.75, 3.05) is 0 Å². The first-order chi connectivity index (χ1) is 15.0. The van der Waals surface area contributed by atoms with Crippen LogP contribution in [0.5, 0.6) is 0 Å². The fourth-order valence-corrected chi connectivity index (χ4v) is 4.95. The van der Waals surface area contributed by atoms with Crippen molar-refractivity contribution >= 4 is 11.9 Å². The number of piperidine rings is 1. The normalized spacial score (nSPS) is 24.4. The van der Waals surface area contributed by atoms with Crippen molar-refractivity contribution in [3.8, 4) is 17.2 Å². The molecule has 2 aromatic carbocycles. The molecule has 31 heavy (non-hydrogen) atoms. The second-order valence-electron chi connectivity index (χ2n) is 8.56. The molecular weight excluding hydrogens is 397 g/mol. The molecule has 0 aromatic heterocycles. The lowest BCUT2D eigenvalue weighted by Crippen LogP contribution is -2.50. The van der Waals surface area contributed by atoms with Crippen LogP contribution in [0.3, 0.4) is 0 Å². The summed E-state index contributed by atoms with van der Waals surface area (Å²) < 4.78 is 19.8. The quantitative estimate of drug-likeness (QED) is 0.728. The molecule has 158 valence electrons. The molecule has 3 aliphatic rings. The van der Waals surface area contributed by atoms with Gasteiger partial charge in [-0.3, -0.25) is 4.79 Å². The molecule has 6 nitrogen and oxygen atoms in total. The van der Waals surface area contributed by atoms with E-state index in [2.05, 4.69) is 16.7 Å². The molecule has 2 heterocycles. The number of hydrogen-bond donors (Lipinski definition) is 2. The second-order valence-corrected chi connectivity index (χ2v) is 8.56. The van der Waals surface area contributed by atoms with Gasteiger partial charge in [0.1, 0.15) is 18.5 Å². The first-order valence-electron chi connectivity index (χ1n) is 10.6. The van der Waals surface area contributed by atoms with E-state index in [1.165, 1.54) is 6.07 Å². The maximum atomic E-state index is 14.8. The highest BCUT2D eigenvalue weighted by Gasteiger charge is 2.43. The van der Waals surface area contributed by atoms with Crippen molar-refractivity contribution in [2.45, 2.75) is 50.4 Å². The molecule has 3 unspecified atom stereocenters. The number of ether oxygens (including phenoxy) is 1. The zero-order valence-electron chi connectivity index (χ0n) is 16.9. The Labute approximate surface area is 179 Å². The Hall–Kier alpha value is -3.24. The summed E-state index contributed by atoms with van der Waals surface area (Å²) in [4.78, 5) is 24.4. The Morgan fingerprint density at radius 1 is 1.26 bits per heavy atom. The number of amides is 1. The van der Waals surface area contributed by atoms with Crippen LogP contribution in [0.1, 0.15) is 40.7 Å². The number of benzene rings is 2. The number of esters is 1. The van der Waals surface area contributed by atoms with E-state index in [1.807, 2.05) is 12.1 Å². The van der Waals surface area contributed by atoms with Crippen LogP contribution in [0, 0.1) is 23.1 Å². The molecule has 1 saturated carbocycles. The van der Waals surface area contributed by atoms with Crippen molar-refractivity contribution < 1.29 is 18.7 Å². The van der Waals surface area contributed by atoms with Gasteiger partial charge in [0.15, 0.2) is 0 Å². The number of rotatable bonds is 5. The van der Waals surface area contributed by atoms with E-state index in [4.69, 9.17) is 4.74 Å². The van der Waals surface area contributed by atoms with Crippen molar-refractivity contribution in [3.05, 3.63) is 58.9 Å². The lowest BCUT2D eigenvalue weighted by Gasteiger charge is -2.23. The Balaban J connectivity index is 1.28. The topological polar surface area (TPSA) is 91.2 Å². The van der Waals surface area contributed by atoms with E-state index in [0.29, 0.717) is 28.7 Å². The van der Waals surface area contributed by atoms with Crippen molar-refractivity contribution in [1.82, 2.24) is 10.6 Å². The summed E-state index contributed by atoms with van der Waals surface area (Å²) in [5.41, 5.74) is 3.03. The number of hydrogen-bond acceptors (Lipinski definition) is 5. The molecule has 1 aliphatic carbocycles. The second kappa shape index (κ2) is 7.78. The molecule has 2 fully saturated rings. The number of carbonyl (C=O) groups excluding carboxylic acids is 2. The highest BCUT2D eigenvalue weighted by atomic mass is 19.1. The molecule has 0 radical (unpaired) electrons. The van der Waals surface area contributed by atoms with Crippen LogP contribution >= 0.6 is 0 Å². The van der Waals surface area contributed by atoms with Crippen molar-refractivity contribution in [2.24, 2.45) is 5.92 Å². The number of nitrogens with one attached hydrogen (secondary N) is 2. The Bertz CT molecular complexity index is 1110. The number of fused-ring (bicyclic) bond motifs is 3. The number of cyclic esters (lactones) is 1. The summed E-state index contributed by atoms with van der Waals surface area (Å²) in [7, 11) is 0. The van der Waals surface area contributed by atoms with Crippen LogP contribution in [0.2, 0.25) is 0 Å². The van der Waals surface area contributed by atoms with Gasteiger partial charge in [-0.05, 0) is 54.0 Å². The lowest BCUT2D eigenvalue weighted by molar-refractivity contribution is -0.124. The first kappa shape index (κ1) is 19.7. The van der Waals surface area contributed by atoms with E-state index >= 15 is 0 Å². The maximum Gasteiger partial charge on any atom is 0.338 e. The molecule has 1 amide bonds. The average Bonchev–Trinajstić information content (AvgIpc) is 3.50. The third-order valence-electron chi connectivity index (χ3n) is 6.61. The molecule has 5 rings (SSSR count). The van der Waals surface area contributed by atoms with E-state index in [1.54, 1.807) is 18.2 Å². The average molecular weight is 419 g/mol. The van der Waals surface area contributed by atoms with E-state index in [-0.39, 0.29) is 30.9 Å². The molecule has 0 spiro atoms. The number of halogens is 1. The van der Waals surface area contributed by atoms with Crippen LogP contribution < -0.4 is 10.6 Å². The number of nitrogens with zero attached hydrogens (tertiary/aromatic N) is 1. The van der Waals surface area contributed by atoms with Gasteiger partial charge in [0, 0.05) is 18.0 Å². The number of nitriles is 1. The molecule has 4 atom stereocenters. The summed E-state index contributed by atoms with van der Waals surface area (Å²) in [6, 6.07) is 11.5. The van der Waals surface area contributed by atoms with Gasteiger partial charge in [-0.1, -0.05) is 24.3 Å². The molecule has 1 saturated heterocycles. The van der Waals surface area contributed by atoms with Gasteiger partial charge in [-0.2, -0.15) is 5.26 Å². The fraction of sp³-hybridized carbons (Fsp3) is 0.375. The van der Waals surface area contributed by atoms with Gasteiger partial charge in [-0.25, -0.2) is 9.18 Å². The highest BCUT2D eigenvalue weighted by Crippen LogP contribution is 2.35. The predicted molar refractivity (Wildman–Crippen MR) is 110 cm³/mol. The van der Waals surface area contributed by atoms with Gasteiger partial charge >= 0.3 is 5.97 Å². The fourth-order valence-electron chi connectivity index (χ4n) is 4.95. The Morgan fingerprint density at radius 2 is 2.06 bits per heavy atom. The van der Waals surface area contributed by atoms with Gasteiger partial charge in [0.25, 0.3) is 0 Å². The molecule has 2 aromatic rings. The minimum Gasteiger partial charge on any atom is -0.457 e. The SMILES string of the molecule is N#C[C@H](Cc1ccc(-c2ccc3c(c2)C(=O)OC3)cc1F)NC(=O)C1NC2CCC1C2. The minimum absolute atomic E-state index is 0.0890. The van der Waals surface area contributed by atoms with Crippen LogP contribution in [0.25, 0.3) is 11.1 Å². The monoisotopic (exact) mass is 419 g/mol. The van der Waals surface area contributed by atoms with E-state index < -0.39 is 11.9 Å². The largest absolute Gasteiger partial charge is 0.457 e. The summed E-state index contributed by atoms with van der Waals surface area (Å²) in [6.45, 7) is 0.265. The molecule has 2 N–H and O–H groups in total. The number of carbonyl (C=O) groups is 2. The van der Waals surface area contributed by atoms with Gasteiger partial charge in [0.05, 0.1) is 17.7 Å². The van der Waals surface area contributed by atoms with Crippen LogP contribution in [-0.2, 0) is 22.6 Å². The third-order valence-corrected chi connectivity index (χ3v) is 6.61. The van der Waals surface area contributed by atoms with Crippen LogP contribution in [0.4, 0.5) is 4.39 Å². The Kier molecular flexibility index (Phi) is 4.95. The molecule has 7 heteroatoms. The third kappa shape index (κ3) is 3.68. The van der Waals surface area contributed by atoms with Crippen LogP contribution in [0.15, 0.2) is 36.4 Å². The first-order valence-corrected chi connectivity index (χ1v) is 10.6. The zero-order valence-corrected chi connectivity index (χ0v) is 16.9. The zero-order chi connectivity index (χ0) is 21.5. The molecule has 2 bridgehead atoms. The summed E-state index contributed by atoms with van der Waals surface area (Å²) in [6.07, 6.45) is 3.22. The van der Waals surface area contributed by atoms with E-state index in [9.17, 15) is 19.2 Å². The minimum atomic E-state index is -0.802. The lowest BCUT2D eigenvalue weighted by atomic mass is 9.97. The van der Waals surface area contributed by atoms with Gasteiger partial charge in [0.2, 0.25) is 5.91 Å².